The minimum Gasteiger partial charge on any atom is -0.333 e. The van der Waals surface area contributed by atoms with E-state index in [1.807, 2.05) is 55.1 Å². The fourth-order valence-electron chi connectivity index (χ4n) is 2.60. The van der Waals surface area contributed by atoms with Crippen LogP contribution in [0.4, 0.5) is 0 Å². The van der Waals surface area contributed by atoms with E-state index in [1.54, 1.807) is 0 Å². The molecule has 0 spiro atoms. The van der Waals surface area contributed by atoms with Gasteiger partial charge < -0.3 is 4.90 Å². The summed E-state index contributed by atoms with van der Waals surface area (Å²) in [6.07, 6.45) is 0. The second kappa shape index (κ2) is 8.96. The minimum atomic E-state index is -0.213. The van der Waals surface area contributed by atoms with Gasteiger partial charge >= 0.3 is 0 Å². The number of aryl methyl sites for hydroxylation is 1. The fourth-order valence-corrected chi connectivity index (χ4v) is 4.65. The highest BCUT2D eigenvalue weighted by Crippen LogP contribution is 2.28. The van der Waals surface area contributed by atoms with Crippen LogP contribution in [0.2, 0.25) is 0 Å². The van der Waals surface area contributed by atoms with Crippen LogP contribution in [-0.2, 0) is 17.9 Å². The Morgan fingerprint density at radius 1 is 1.00 bits per heavy atom. The van der Waals surface area contributed by atoms with Gasteiger partial charge in [-0.2, -0.15) is 0 Å². The Morgan fingerprint density at radius 2 is 1.54 bits per heavy atom. The van der Waals surface area contributed by atoms with Crippen molar-refractivity contribution in [1.82, 2.24) is 15.1 Å². The van der Waals surface area contributed by atoms with Crippen molar-refractivity contribution in [3.63, 3.8) is 0 Å². The standard InChI is InChI=1S/C20H21N3OS2/c1-15(25-20-22-21-16(2)26-20)19(24)23(13-17-9-5-3-6-10-17)14-18-11-7-4-8-12-18/h3-12,15H,13-14H2,1-2H3/t15-/m1/s1. The Morgan fingerprint density at radius 3 is 2.00 bits per heavy atom. The SMILES string of the molecule is Cc1nnc(S[C@H](C)C(=O)N(Cc2ccccc2)Cc2ccccc2)s1. The molecule has 1 heterocycles. The number of thioether (sulfide) groups is 1. The number of rotatable bonds is 7. The van der Waals surface area contributed by atoms with Gasteiger partial charge in [0, 0.05) is 13.1 Å². The van der Waals surface area contributed by atoms with Crippen molar-refractivity contribution in [2.45, 2.75) is 36.5 Å². The van der Waals surface area contributed by atoms with Crippen LogP contribution in [0.25, 0.3) is 0 Å². The van der Waals surface area contributed by atoms with E-state index in [1.165, 1.54) is 23.1 Å². The molecule has 0 aliphatic heterocycles. The quantitative estimate of drug-likeness (QED) is 0.561. The molecule has 26 heavy (non-hydrogen) atoms. The van der Waals surface area contributed by atoms with E-state index >= 15 is 0 Å². The van der Waals surface area contributed by atoms with Gasteiger partial charge in [0.2, 0.25) is 5.91 Å². The highest BCUT2D eigenvalue weighted by atomic mass is 32.2. The lowest BCUT2D eigenvalue weighted by Crippen LogP contribution is -2.35. The number of carbonyl (C=O) groups excluding carboxylic acids is 1. The molecule has 0 radical (unpaired) electrons. The van der Waals surface area contributed by atoms with E-state index in [4.69, 9.17) is 0 Å². The molecule has 134 valence electrons. The number of amides is 1. The van der Waals surface area contributed by atoms with E-state index in [9.17, 15) is 4.79 Å². The summed E-state index contributed by atoms with van der Waals surface area (Å²) in [6.45, 7) is 5.04. The molecule has 4 nitrogen and oxygen atoms in total. The zero-order valence-electron chi connectivity index (χ0n) is 14.8. The third-order valence-electron chi connectivity index (χ3n) is 3.88. The third kappa shape index (κ3) is 5.16. The van der Waals surface area contributed by atoms with Crippen LogP contribution >= 0.6 is 23.1 Å². The van der Waals surface area contributed by atoms with Crippen molar-refractivity contribution >= 4 is 29.0 Å². The van der Waals surface area contributed by atoms with Crippen LogP contribution in [0.3, 0.4) is 0 Å². The number of hydrogen-bond acceptors (Lipinski definition) is 5. The first-order valence-electron chi connectivity index (χ1n) is 8.45. The topological polar surface area (TPSA) is 46.1 Å². The van der Waals surface area contributed by atoms with Gasteiger partial charge in [-0.15, -0.1) is 10.2 Å². The van der Waals surface area contributed by atoms with Crippen molar-refractivity contribution in [1.29, 1.82) is 0 Å². The van der Waals surface area contributed by atoms with Crippen molar-refractivity contribution in [3.05, 3.63) is 76.8 Å². The Balaban J connectivity index is 1.75. The molecule has 0 saturated heterocycles. The molecule has 0 unspecified atom stereocenters. The maximum Gasteiger partial charge on any atom is 0.236 e. The zero-order chi connectivity index (χ0) is 18.4. The molecule has 1 atom stereocenters. The molecule has 6 heteroatoms. The molecule has 0 bridgehead atoms. The first kappa shape index (κ1) is 18.6. The highest BCUT2D eigenvalue weighted by Gasteiger charge is 2.23. The summed E-state index contributed by atoms with van der Waals surface area (Å²) in [6, 6.07) is 20.2. The van der Waals surface area contributed by atoms with Gasteiger partial charge in [-0.25, -0.2) is 0 Å². The molecule has 2 aromatic carbocycles. The van der Waals surface area contributed by atoms with Gasteiger partial charge in [-0.3, -0.25) is 4.79 Å². The van der Waals surface area contributed by atoms with Gasteiger partial charge in [-0.05, 0) is 25.0 Å². The normalized spacial score (nSPS) is 11.9. The Kier molecular flexibility index (Phi) is 6.41. The smallest absolute Gasteiger partial charge is 0.236 e. The van der Waals surface area contributed by atoms with Crippen LogP contribution in [0.1, 0.15) is 23.1 Å². The summed E-state index contributed by atoms with van der Waals surface area (Å²) in [5, 5.41) is 8.86. The Hall–Kier alpha value is -2.18. The number of hydrogen-bond donors (Lipinski definition) is 0. The molecular formula is C20H21N3OS2. The summed E-state index contributed by atoms with van der Waals surface area (Å²) in [5.41, 5.74) is 2.25. The average molecular weight is 384 g/mol. The van der Waals surface area contributed by atoms with Gasteiger partial charge in [-0.1, -0.05) is 83.8 Å². The number of benzene rings is 2. The Bertz CT molecular complexity index is 795. The summed E-state index contributed by atoms with van der Waals surface area (Å²) < 4.78 is 0.836. The van der Waals surface area contributed by atoms with Crippen molar-refractivity contribution in [2.75, 3.05) is 0 Å². The van der Waals surface area contributed by atoms with E-state index in [0.29, 0.717) is 13.1 Å². The fraction of sp³-hybridized carbons (Fsp3) is 0.250. The highest BCUT2D eigenvalue weighted by molar-refractivity contribution is 8.02. The number of nitrogens with zero attached hydrogens (tertiary/aromatic N) is 3. The molecular weight excluding hydrogens is 362 g/mol. The van der Waals surface area contributed by atoms with E-state index in [-0.39, 0.29) is 11.2 Å². The molecule has 3 aromatic rings. The molecule has 0 aliphatic rings. The van der Waals surface area contributed by atoms with Gasteiger partial charge in [0.1, 0.15) is 5.01 Å². The lowest BCUT2D eigenvalue weighted by molar-refractivity contribution is -0.131. The summed E-state index contributed by atoms with van der Waals surface area (Å²) in [7, 11) is 0. The lowest BCUT2D eigenvalue weighted by atomic mass is 10.1. The molecule has 1 amide bonds. The van der Waals surface area contributed by atoms with E-state index in [0.717, 1.165) is 20.5 Å². The molecule has 0 aliphatic carbocycles. The Labute approximate surface area is 162 Å². The summed E-state index contributed by atoms with van der Waals surface area (Å²) >= 11 is 3.00. The van der Waals surface area contributed by atoms with Crippen molar-refractivity contribution < 1.29 is 4.79 Å². The van der Waals surface area contributed by atoms with Crippen LogP contribution in [0.15, 0.2) is 65.0 Å². The average Bonchev–Trinajstić information content (AvgIpc) is 3.07. The minimum absolute atomic E-state index is 0.107. The monoisotopic (exact) mass is 383 g/mol. The predicted molar refractivity (Wildman–Crippen MR) is 107 cm³/mol. The zero-order valence-corrected chi connectivity index (χ0v) is 16.5. The molecule has 0 fully saturated rings. The van der Waals surface area contributed by atoms with Crippen LogP contribution in [0.5, 0.6) is 0 Å². The summed E-state index contributed by atoms with van der Waals surface area (Å²) in [4.78, 5) is 15.0. The van der Waals surface area contributed by atoms with E-state index < -0.39 is 0 Å². The molecule has 1 aromatic heterocycles. The second-order valence-corrected chi connectivity index (χ2v) is 8.78. The van der Waals surface area contributed by atoms with E-state index in [2.05, 4.69) is 34.5 Å². The molecule has 3 rings (SSSR count). The van der Waals surface area contributed by atoms with Crippen LogP contribution in [0, 0.1) is 6.92 Å². The van der Waals surface area contributed by atoms with Crippen molar-refractivity contribution in [3.8, 4) is 0 Å². The third-order valence-corrected chi connectivity index (χ3v) is 5.89. The maximum absolute atomic E-state index is 13.1. The van der Waals surface area contributed by atoms with Crippen LogP contribution in [-0.4, -0.2) is 26.3 Å². The largest absolute Gasteiger partial charge is 0.333 e. The number of carbonyl (C=O) groups is 1. The van der Waals surface area contributed by atoms with Gasteiger partial charge in [0.05, 0.1) is 5.25 Å². The van der Waals surface area contributed by atoms with Gasteiger partial charge in [0.25, 0.3) is 0 Å². The second-order valence-electron chi connectivity index (χ2n) is 6.01. The number of aromatic nitrogens is 2. The molecule has 0 saturated carbocycles. The van der Waals surface area contributed by atoms with Crippen molar-refractivity contribution in [2.24, 2.45) is 0 Å². The van der Waals surface area contributed by atoms with Gasteiger partial charge in [0.15, 0.2) is 4.34 Å². The summed E-state index contributed by atoms with van der Waals surface area (Å²) in [5.74, 6) is 0.107. The first-order valence-corrected chi connectivity index (χ1v) is 10.1. The maximum atomic E-state index is 13.1. The first-order chi connectivity index (χ1) is 12.6. The predicted octanol–water partition coefficient (Wildman–Crippen LogP) is 4.56. The molecule has 0 N–H and O–H groups in total. The lowest BCUT2D eigenvalue weighted by Gasteiger charge is -2.25. The van der Waals surface area contributed by atoms with Crippen LogP contribution < -0.4 is 0 Å².